The van der Waals surface area contributed by atoms with E-state index in [0.717, 1.165) is 16.9 Å². The number of hydrazine groups is 1. The molecular weight excluding hydrogens is 353 g/mol. The number of hydrogen-bond donors (Lipinski definition) is 3. The molecule has 0 saturated heterocycles. The van der Waals surface area contributed by atoms with Gasteiger partial charge in [-0.3, -0.25) is 0 Å². The minimum atomic E-state index is 0.370. The Morgan fingerprint density at radius 3 is 2.83 bits per heavy atom. The molecule has 120 valence electrons. The van der Waals surface area contributed by atoms with Gasteiger partial charge in [-0.1, -0.05) is 35.3 Å². The molecule has 3 N–H and O–H groups in total. The molecule has 0 heterocycles. The van der Waals surface area contributed by atoms with Gasteiger partial charge in [0.05, 0.1) is 0 Å². The van der Waals surface area contributed by atoms with Crippen molar-refractivity contribution < 1.29 is 9.84 Å². The largest absolute Gasteiger partial charge is 0.489 e. The maximum absolute atomic E-state index is 6.13. The zero-order valence-electron chi connectivity index (χ0n) is 12.4. The lowest BCUT2D eigenvalue weighted by molar-refractivity contribution is -0.500. The molecule has 2 aromatic carbocycles. The predicted octanol–water partition coefficient (Wildman–Crippen LogP) is 2.08. The summed E-state index contributed by atoms with van der Waals surface area (Å²) in [6, 6.07) is 13.0. The molecule has 0 radical (unpaired) electrons. The van der Waals surface area contributed by atoms with Gasteiger partial charge >= 0.3 is 0 Å². The summed E-state index contributed by atoms with van der Waals surface area (Å²) in [6.45, 7) is 0.370. The zero-order chi connectivity index (χ0) is 16.7. The Balaban J connectivity index is 1.98. The summed E-state index contributed by atoms with van der Waals surface area (Å²) in [5.74, 6) is 0.739. The number of rotatable bonds is 5. The molecule has 2 rings (SSSR count). The summed E-state index contributed by atoms with van der Waals surface area (Å²) >= 11 is 17.0. The number of ether oxygens (including phenoxy) is 1. The van der Waals surface area contributed by atoms with E-state index in [4.69, 9.17) is 40.2 Å². The van der Waals surface area contributed by atoms with Crippen LogP contribution in [-0.4, -0.2) is 18.4 Å². The van der Waals surface area contributed by atoms with Gasteiger partial charge in [-0.05, 0) is 42.5 Å². The molecule has 0 unspecified atom stereocenters. The molecule has 7 heteroatoms. The first kappa shape index (κ1) is 17.5. The predicted molar refractivity (Wildman–Crippen MR) is 98.2 cm³/mol. The third-order valence-electron chi connectivity index (χ3n) is 2.92. The van der Waals surface area contributed by atoms with E-state index in [0.29, 0.717) is 21.8 Å². The highest BCUT2D eigenvalue weighted by Gasteiger charge is 2.03. The lowest BCUT2D eigenvalue weighted by Crippen LogP contribution is -2.82. The fourth-order valence-corrected chi connectivity index (χ4v) is 2.26. The minimum Gasteiger partial charge on any atom is -0.489 e. The molecule has 4 nitrogen and oxygen atoms in total. The van der Waals surface area contributed by atoms with Crippen LogP contribution in [0.5, 0.6) is 5.75 Å². The SMILES string of the molecule is CNC(=S)N[NH+]=Cc1cccc(OCc2ccc(Cl)cc2Cl)c1. The van der Waals surface area contributed by atoms with E-state index >= 15 is 0 Å². The molecule has 0 spiro atoms. The van der Waals surface area contributed by atoms with Crippen molar-refractivity contribution in [3.8, 4) is 5.75 Å². The van der Waals surface area contributed by atoms with Gasteiger partial charge in [0.2, 0.25) is 5.11 Å². The summed E-state index contributed by atoms with van der Waals surface area (Å²) in [6.07, 6.45) is 1.78. The number of thiocarbonyl (C=S) groups is 1. The van der Waals surface area contributed by atoms with Crippen LogP contribution < -0.4 is 20.6 Å². The first-order valence-electron chi connectivity index (χ1n) is 6.82. The van der Waals surface area contributed by atoms with Crippen LogP contribution in [0.1, 0.15) is 11.1 Å². The van der Waals surface area contributed by atoms with Crippen LogP contribution >= 0.6 is 35.4 Å². The average molecular weight is 369 g/mol. The summed E-state index contributed by atoms with van der Waals surface area (Å²) in [7, 11) is 1.74. The fourth-order valence-electron chi connectivity index (χ4n) is 1.74. The molecule has 0 atom stereocenters. The highest BCUT2D eigenvalue weighted by Crippen LogP contribution is 2.22. The van der Waals surface area contributed by atoms with Crippen LogP contribution in [0.25, 0.3) is 0 Å². The van der Waals surface area contributed by atoms with Crippen molar-refractivity contribution in [2.24, 2.45) is 0 Å². The standard InChI is InChI=1S/C16H15Cl2N3OS/c1-19-16(23)21-20-9-11-3-2-4-14(7-11)22-10-12-5-6-13(17)8-15(12)18/h2-9H,10H2,1H3,(H2,19,21,23)/p+1. The van der Waals surface area contributed by atoms with Crippen LogP contribution in [0.4, 0.5) is 0 Å². The summed E-state index contributed by atoms with van der Waals surface area (Å²) in [5, 5.41) is 7.40. The van der Waals surface area contributed by atoms with Crippen molar-refractivity contribution in [2.45, 2.75) is 6.61 Å². The number of benzene rings is 2. The second kappa shape index (κ2) is 8.72. The number of halogens is 2. The Bertz CT molecular complexity index is 722. The van der Waals surface area contributed by atoms with E-state index < -0.39 is 0 Å². The maximum Gasteiger partial charge on any atom is 0.223 e. The third kappa shape index (κ3) is 5.71. The van der Waals surface area contributed by atoms with Gasteiger partial charge in [-0.2, -0.15) is 0 Å². The molecule has 0 bridgehead atoms. The molecule has 0 amide bonds. The van der Waals surface area contributed by atoms with Crippen LogP contribution in [0.3, 0.4) is 0 Å². The van der Waals surface area contributed by atoms with E-state index in [1.807, 2.05) is 30.3 Å². The van der Waals surface area contributed by atoms with Gasteiger partial charge < -0.3 is 10.1 Å². The molecule has 2 aromatic rings. The van der Waals surface area contributed by atoms with Gasteiger partial charge in [0.1, 0.15) is 12.4 Å². The molecule has 0 aliphatic heterocycles. The van der Waals surface area contributed by atoms with Gasteiger partial charge in [-0.15, -0.1) is 10.5 Å². The number of hydrogen-bond acceptors (Lipinski definition) is 2. The van der Waals surface area contributed by atoms with E-state index in [1.54, 1.807) is 25.4 Å². The van der Waals surface area contributed by atoms with E-state index in [1.165, 1.54) is 0 Å². The Kier molecular flexibility index (Phi) is 6.65. The number of hydrazone groups is 1. The Morgan fingerprint density at radius 2 is 2.09 bits per heavy atom. The summed E-state index contributed by atoms with van der Waals surface area (Å²) < 4.78 is 5.77. The molecule has 0 saturated carbocycles. The zero-order valence-corrected chi connectivity index (χ0v) is 14.7. The highest BCUT2D eigenvalue weighted by atomic mass is 35.5. The second-order valence-electron chi connectivity index (χ2n) is 4.59. The molecule has 23 heavy (non-hydrogen) atoms. The average Bonchev–Trinajstić information content (AvgIpc) is 2.54. The molecule has 0 fully saturated rings. The maximum atomic E-state index is 6.13. The van der Waals surface area contributed by atoms with Crippen LogP contribution in [-0.2, 0) is 6.61 Å². The first-order chi connectivity index (χ1) is 11.1. The van der Waals surface area contributed by atoms with Crippen LogP contribution in [0.15, 0.2) is 42.5 Å². The quantitative estimate of drug-likeness (QED) is 0.429. The lowest BCUT2D eigenvalue weighted by Gasteiger charge is -2.08. The van der Waals surface area contributed by atoms with Gasteiger partial charge in [0.15, 0.2) is 6.21 Å². The van der Waals surface area contributed by atoms with Crippen LogP contribution in [0.2, 0.25) is 10.0 Å². The van der Waals surface area contributed by atoms with E-state index in [-0.39, 0.29) is 0 Å². The van der Waals surface area contributed by atoms with Gasteiger partial charge in [0.25, 0.3) is 0 Å². The molecular formula is C16H16Cl2N3OS+. The second-order valence-corrected chi connectivity index (χ2v) is 5.84. The topological polar surface area (TPSA) is 47.3 Å². The van der Waals surface area contributed by atoms with Crippen LogP contribution in [0, 0.1) is 0 Å². The Labute approximate surface area is 150 Å². The number of nitrogens with one attached hydrogen (secondary N) is 3. The van der Waals surface area contributed by atoms with Crippen molar-refractivity contribution in [1.29, 1.82) is 0 Å². The molecule has 0 aromatic heterocycles. The van der Waals surface area contributed by atoms with Gasteiger partial charge in [-0.25, -0.2) is 0 Å². The van der Waals surface area contributed by atoms with E-state index in [9.17, 15) is 0 Å². The third-order valence-corrected chi connectivity index (χ3v) is 3.81. The first-order valence-corrected chi connectivity index (χ1v) is 7.98. The highest BCUT2D eigenvalue weighted by molar-refractivity contribution is 7.80. The lowest BCUT2D eigenvalue weighted by atomic mass is 10.2. The van der Waals surface area contributed by atoms with Gasteiger partial charge in [0, 0.05) is 28.2 Å². The summed E-state index contributed by atoms with van der Waals surface area (Å²) in [5.41, 5.74) is 4.63. The Hall–Kier alpha value is -1.82. The van der Waals surface area contributed by atoms with Crippen molar-refractivity contribution in [1.82, 2.24) is 10.7 Å². The van der Waals surface area contributed by atoms with Crippen molar-refractivity contribution in [3.05, 3.63) is 63.6 Å². The fraction of sp³-hybridized carbons (Fsp3) is 0.125. The smallest absolute Gasteiger partial charge is 0.223 e. The minimum absolute atomic E-state index is 0.370. The van der Waals surface area contributed by atoms with Crippen molar-refractivity contribution in [2.75, 3.05) is 7.05 Å². The molecule has 0 aliphatic rings. The Morgan fingerprint density at radius 1 is 1.26 bits per heavy atom. The summed E-state index contributed by atoms with van der Waals surface area (Å²) in [4.78, 5) is 0. The van der Waals surface area contributed by atoms with Crippen molar-refractivity contribution >= 4 is 46.7 Å². The van der Waals surface area contributed by atoms with Crippen molar-refractivity contribution in [3.63, 3.8) is 0 Å². The van der Waals surface area contributed by atoms with E-state index in [2.05, 4.69) is 15.8 Å². The normalized spacial score (nSPS) is 10.6. The monoisotopic (exact) mass is 368 g/mol. The molecule has 0 aliphatic carbocycles.